The minimum absolute atomic E-state index is 0.218. The molecule has 3 amide bonds. The Morgan fingerprint density at radius 3 is 2.45 bits per heavy atom. The number of halogens is 2. The number of thioether (sulfide) groups is 1. The molecular weight excluding hydrogens is 575 g/mol. The predicted octanol–water partition coefficient (Wildman–Crippen LogP) is 4.03. The maximum absolute atomic E-state index is 12.8. The summed E-state index contributed by atoms with van der Waals surface area (Å²) in [6.07, 6.45) is 5.70. The molecule has 1 heterocycles. The number of likely N-dealkylation sites (tertiary alicyclic amines) is 1. The summed E-state index contributed by atoms with van der Waals surface area (Å²) in [4.78, 5) is 54.2. The number of nitrogens with one attached hydrogen (secondary N) is 2. The van der Waals surface area contributed by atoms with Crippen molar-refractivity contribution in [3.8, 4) is 0 Å². The molecule has 12 heteroatoms. The Morgan fingerprint density at radius 2 is 1.82 bits per heavy atom. The summed E-state index contributed by atoms with van der Waals surface area (Å²) in [6, 6.07) is 9.26. The number of hydrogen-bond acceptors (Lipinski definition) is 6. The first-order chi connectivity index (χ1) is 19.0. The zero-order chi connectivity index (χ0) is 29.4. The highest BCUT2D eigenvalue weighted by Gasteiger charge is 2.30. The lowest BCUT2D eigenvalue weighted by atomic mass is 9.95. The van der Waals surface area contributed by atoms with E-state index in [2.05, 4.69) is 10.6 Å². The van der Waals surface area contributed by atoms with Gasteiger partial charge in [-0.15, -0.1) is 11.8 Å². The SMILES string of the molecule is CSc1ccc(C=CC(=O)N2CCC(C(=O)NC(CNC(=O)c3cccc(N(C)C)c3)C(=O)O)CC2)c(Cl)c1Cl. The first-order valence-electron chi connectivity index (χ1n) is 12.6. The third-order valence-corrected chi connectivity index (χ3v) is 8.37. The number of piperidine rings is 1. The van der Waals surface area contributed by atoms with Gasteiger partial charge in [-0.1, -0.05) is 35.3 Å². The van der Waals surface area contributed by atoms with Crippen LogP contribution in [0.4, 0.5) is 5.69 Å². The van der Waals surface area contributed by atoms with Crippen molar-refractivity contribution in [3.63, 3.8) is 0 Å². The number of aliphatic carboxylic acids is 1. The molecule has 9 nitrogen and oxygen atoms in total. The van der Waals surface area contributed by atoms with Crippen LogP contribution in [0.25, 0.3) is 6.08 Å². The number of amides is 3. The molecular formula is C28H32Cl2N4O5S. The van der Waals surface area contributed by atoms with E-state index in [1.165, 1.54) is 17.8 Å². The van der Waals surface area contributed by atoms with E-state index in [1.807, 2.05) is 37.4 Å². The number of carboxylic acid groups (broad SMARTS) is 1. The quantitative estimate of drug-likeness (QED) is 0.276. The van der Waals surface area contributed by atoms with E-state index >= 15 is 0 Å². The van der Waals surface area contributed by atoms with Crippen LogP contribution in [-0.2, 0) is 14.4 Å². The van der Waals surface area contributed by atoms with E-state index in [-0.39, 0.29) is 12.5 Å². The number of carbonyl (C=O) groups is 4. The first kappa shape index (κ1) is 31.3. The topological polar surface area (TPSA) is 119 Å². The summed E-state index contributed by atoms with van der Waals surface area (Å²) in [5.74, 6) is -2.78. The second-order valence-electron chi connectivity index (χ2n) is 9.47. The maximum atomic E-state index is 12.8. The lowest BCUT2D eigenvalue weighted by molar-refractivity contribution is -0.142. The van der Waals surface area contributed by atoms with Gasteiger partial charge in [-0.05, 0) is 55.0 Å². The molecule has 3 rings (SSSR count). The molecule has 0 aliphatic carbocycles. The molecule has 0 aromatic heterocycles. The van der Waals surface area contributed by atoms with Gasteiger partial charge in [0, 0.05) is 61.9 Å². The molecule has 1 aliphatic heterocycles. The highest BCUT2D eigenvalue weighted by Crippen LogP contribution is 2.35. The summed E-state index contributed by atoms with van der Waals surface area (Å²) in [7, 11) is 3.70. The second-order valence-corrected chi connectivity index (χ2v) is 11.1. The molecule has 1 saturated heterocycles. The highest BCUT2D eigenvalue weighted by atomic mass is 35.5. The Morgan fingerprint density at radius 1 is 1.12 bits per heavy atom. The van der Waals surface area contributed by atoms with Crippen LogP contribution in [0.3, 0.4) is 0 Å². The van der Waals surface area contributed by atoms with Crippen LogP contribution in [-0.4, -0.2) is 79.7 Å². The van der Waals surface area contributed by atoms with Crippen LogP contribution in [0.2, 0.25) is 10.0 Å². The molecule has 214 valence electrons. The van der Waals surface area contributed by atoms with Crippen LogP contribution < -0.4 is 15.5 Å². The van der Waals surface area contributed by atoms with E-state index < -0.39 is 29.7 Å². The maximum Gasteiger partial charge on any atom is 0.328 e. The minimum Gasteiger partial charge on any atom is -0.480 e. The summed E-state index contributed by atoms with van der Waals surface area (Å²) >= 11 is 14.1. The molecule has 1 atom stereocenters. The summed E-state index contributed by atoms with van der Waals surface area (Å²) in [6.45, 7) is 0.425. The van der Waals surface area contributed by atoms with Gasteiger partial charge in [0.2, 0.25) is 11.8 Å². The van der Waals surface area contributed by atoms with Gasteiger partial charge in [0.1, 0.15) is 6.04 Å². The Hall–Kier alpha value is -3.21. The van der Waals surface area contributed by atoms with Gasteiger partial charge < -0.3 is 25.5 Å². The number of nitrogens with zero attached hydrogens (tertiary/aromatic N) is 2. The predicted molar refractivity (Wildman–Crippen MR) is 159 cm³/mol. The lowest BCUT2D eigenvalue weighted by Gasteiger charge is -2.31. The molecule has 2 aromatic rings. The van der Waals surface area contributed by atoms with E-state index in [0.717, 1.165) is 10.6 Å². The van der Waals surface area contributed by atoms with Gasteiger partial charge in [0.25, 0.3) is 5.91 Å². The average molecular weight is 608 g/mol. The number of carboxylic acids is 1. The van der Waals surface area contributed by atoms with Gasteiger partial charge in [-0.3, -0.25) is 14.4 Å². The summed E-state index contributed by atoms with van der Waals surface area (Å²) < 4.78 is 0. The lowest BCUT2D eigenvalue weighted by Crippen LogP contribution is -2.51. The monoisotopic (exact) mass is 606 g/mol. The third-order valence-electron chi connectivity index (χ3n) is 6.59. The van der Waals surface area contributed by atoms with E-state index in [9.17, 15) is 24.3 Å². The number of hydrogen-bond donors (Lipinski definition) is 3. The fraction of sp³-hybridized carbons (Fsp3) is 0.357. The van der Waals surface area contributed by atoms with E-state index in [0.29, 0.717) is 47.1 Å². The molecule has 0 radical (unpaired) electrons. The van der Waals surface area contributed by atoms with Crippen molar-refractivity contribution in [2.45, 2.75) is 23.8 Å². The van der Waals surface area contributed by atoms with Gasteiger partial charge in [0.15, 0.2) is 0 Å². The Labute approximate surface area is 247 Å². The fourth-order valence-corrected chi connectivity index (χ4v) is 5.35. The van der Waals surface area contributed by atoms with Crippen molar-refractivity contribution < 1.29 is 24.3 Å². The Bertz CT molecular complexity index is 1300. The zero-order valence-electron chi connectivity index (χ0n) is 22.4. The van der Waals surface area contributed by atoms with Crippen LogP contribution in [0, 0.1) is 5.92 Å². The van der Waals surface area contributed by atoms with Crippen molar-refractivity contribution in [2.24, 2.45) is 5.92 Å². The standard InChI is InChI=1S/C28H32Cl2N4O5S/c1-33(2)20-6-4-5-19(15-20)26(36)31-16-21(28(38)39)32-27(37)18-11-13-34(14-12-18)23(35)10-8-17-7-9-22(40-3)25(30)24(17)29/h4-10,15,18,21H,11-14,16H2,1-3H3,(H,31,36)(H,32,37)(H,38,39). The van der Waals surface area contributed by atoms with Crippen molar-refractivity contribution in [3.05, 3.63) is 63.6 Å². The third kappa shape index (κ3) is 8.16. The van der Waals surface area contributed by atoms with Gasteiger partial charge in [0.05, 0.1) is 10.0 Å². The average Bonchev–Trinajstić information content (AvgIpc) is 2.95. The number of anilines is 1. The molecule has 1 aliphatic rings. The minimum atomic E-state index is -1.29. The largest absolute Gasteiger partial charge is 0.480 e. The molecule has 40 heavy (non-hydrogen) atoms. The second kappa shape index (κ2) is 14.4. The van der Waals surface area contributed by atoms with E-state index in [4.69, 9.17) is 23.2 Å². The van der Waals surface area contributed by atoms with Crippen molar-refractivity contribution >= 4 is 70.4 Å². The molecule has 0 spiro atoms. The Balaban J connectivity index is 1.51. The van der Waals surface area contributed by atoms with Gasteiger partial charge in [-0.2, -0.15) is 0 Å². The first-order valence-corrected chi connectivity index (χ1v) is 14.6. The summed E-state index contributed by atoms with van der Waals surface area (Å²) in [5.41, 5.74) is 1.84. The van der Waals surface area contributed by atoms with Crippen LogP contribution in [0.1, 0.15) is 28.8 Å². The van der Waals surface area contributed by atoms with Crippen molar-refractivity contribution in [2.75, 3.05) is 44.9 Å². The molecule has 0 saturated carbocycles. The molecule has 0 bridgehead atoms. The zero-order valence-corrected chi connectivity index (χ0v) is 24.8. The van der Waals surface area contributed by atoms with Crippen molar-refractivity contribution in [1.29, 1.82) is 0 Å². The van der Waals surface area contributed by atoms with Crippen molar-refractivity contribution in [1.82, 2.24) is 15.5 Å². The van der Waals surface area contributed by atoms with Gasteiger partial charge in [-0.25, -0.2) is 4.79 Å². The Kier molecular flexibility index (Phi) is 11.3. The van der Waals surface area contributed by atoms with Crippen LogP contribution >= 0.6 is 35.0 Å². The molecule has 1 unspecified atom stereocenters. The van der Waals surface area contributed by atoms with Crippen LogP contribution in [0.5, 0.6) is 0 Å². The number of benzene rings is 2. The van der Waals surface area contributed by atoms with E-state index in [1.54, 1.807) is 35.2 Å². The highest BCUT2D eigenvalue weighted by molar-refractivity contribution is 7.98. The van der Waals surface area contributed by atoms with Crippen LogP contribution in [0.15, 0.2) is 47.4 Å². The number of carbonyl (C=O) groups excluding carboxylic acids is 3. The smallest absolute Gasteiger partial charge is 0.328 e. The molecule has 3 N–H and O–H groups in total. The normalized spacial score (nSPS) is 14.6. The fourth-order valence-electron chi connectivity index (χ4n) is 4.17. The molecule has 2 aromatic carbocycles. The molecule has 1 fully saturated rings. The van der Waals surface area contributed by atoms with Gasteiger partial charge >= 0.3 is 5.97 Å². The summed E-state index contributed by atoms with van der Waals surface area (Å²) in [5, 5.41) is 15.5. The number of rotatable bonds is 10.